The lowest BCUT2D eigenvalue weighted by atomic mass is 9.85. The van der Waals surface area contributed by atoms with Crippen molar-refractivity contribution in [2.24, 2.45) is 4.99 Å². The van der Waals surface area contributed by atoms with Gasteiger partial charge in [0.05, 0.1) is 12.2 Å². The maximum Gasteiger partial charge on any atom is 0.191 e. The molecule has 0 amide bonds. The summed E-state index contributed by atoms with van der Waals surface area (Å²) in [6.07, 6.45) is 1.82. The zero-order valence-corrected chi connectivity index (χ0v) is 17.9. The van der Waals surface area contributed by atoms with Gasteiger partial charge in [0.1, 0.15) is 0 Å². The Labute approximate surface area is 168 Å². The standard InChI is InChI=1S/C20H28N4.HI/c1-5-21-19(23-14-18-16(2)10-9-13-22-18)24-15-20(3,4)17-11-7-6-8-12-17;/h6-13H,5,14-15H2,1-4H3,(H2,21,23,24);1H. The van der Waals surface area contributed by atoms with Crippen LogP contribution in [0.1, 0.15) is 37.6 Å². The fourth-order valence-corrected chi connectivity index (χ4v) is 2.48. The van der Waals surface area contributed by atoms with Crippen LogP contribution in [0.5, 0.6) is 0 Å². The fraction of sp³-hybridized carbons (Fsp3) is 0.400. The second-order valence-electron chi connectivity index (χ2n) is 6.57. The molecule has 2 rings (SSSR count). The first kappa shape index (κ1) is 21.4. The minimum Gasteiger partial charge on any atom is -0.357 e. The van der Waals surface area contributed by atoms with E-state index in [2.05, 4.69) is 78.6 Å². The summed E-state index contributed by atoms with van der Waals surface area (Å²) < 4.78 is 0. The number of halogens is 1. The number of aryl methyl sites for hydroxylation is 1. The predicted molar refractivity (Wildman–Crippen MR) is 117 cm³/mol. The molecule has 0 spiro atoms. The van der Waals surface area contributed by atoms with E-state index < -0.39 is 0 Å². The highest BCUT2D eigenvalue weighted by atomic mass is 127. The van der Waals surface area contributed by atoms with E-state index in [-0.39, 0.29) is 29.4 Å². The van der Waals surface area contributed by atoms with Gasteiger partial charge in [-0.3, -0.25) is 4.98 Å². The lowest BCUT2D eigenvalue weighted by Crippen LogP contribution is -2.43. The Morgan fingerprint density at radius 1 is 1.08 bits per heavy atom. The van der Waals surface area contributed by atoms with Crippen molar-refractivity contribution < 1.29 is 0 Å². The number of benzene rings is 1. The Morgan fingerprint density at radius 2 is 1.80 bits per heavy atom. The van der Waals surface area contributed by atoms with E-state index in [9.17, 15) is 0 Å². The third-order valence-electron chi connectivity index (χ3n) is 4.10. The summed E-state index contributed by atoms with van der Waals surface area (Å²) in [6.45, 7) is 10.8. The molecule has 1 aromatic heterocycles. The Balaban J connectivity index is 0.00000312. The fourth-order valence-electron chi connectivity index (χ4n) is 2.48. The first-order valence-electron chi connectivity index (χ1n) is 8.51. The topological polar surface area (TPSA) is 49.3 Å². The second kappa shape index (κ2) is 10.4. The predicted octanol–water partition coefficient (Wildman–Crippen LogP) is 4.04. The van der Waals surface area contributed by atoms with Crippen LogP contribution in [0.15, 0.2) is 53.7 Å². The molecule has 0 atom stereocenters. The molecule has 0 saturated carbocycles. The molecular formula is C20H29IN4. The van der Waals surface area contributed by atoms with Gasteiger partial charge >= 0.3 is 0 Å². The number of hydrogen-bond acceptors (Lipinski definition) is 2. The van der Waals surface area contributed by atoms with Crippen molar-refractivity contribution in [3.63, 3.8) is 0 Å². The van der Waals surface area contributed by atoms with E-state index in [1.54, 1.807) is 0 Å². The highest BCUT2D eigenvalue weighted by Crippen LogP contribution is 2.21. The van der Waals surface area contributed by atoms with Crippen LogP contribution in [0.2, 0.25) is 0 Å². The molecule has 136 valence electrons. The molecule has 0 aliphatic heterocycles. The zero-order chi connectivity index (χ0) is 17.4. The van der Waals surface area contributed by atoms with Gasteiger partial charge in [-0.15, -0.1) is 24.0 Å². The summed E-state index contributed by atoms with van der Waals surface area (Å²) in [6, 6.07) is 14.6. The summed E-state index contributed by atoms with van der Waals surface area (Å²) in [4.78, 5) is 9.08. The molecule has 25 heavy (non-hydrogen) atoms. The molecule has 0 unspecified atom stereocenters. The molecule has 0 aliphatic rings. The largest absolute Gasteiger partial charge is 0.357 e. The van der Waals surface area contributed by atoms with Crippen molar-refractivity contribution in [3.05, 3.63) is 65.5 Å². The van der Waals surface area contributed by atoms with Crippen molar-refractivity contribution in [1.82, 2.24) is 15.6 Å². The molecule has 1 aromatic carbocycles. The average Bonchev–Trinajstić information content (AvgIpc) is 2.59. The monoisotopic (exact) mass is 452 g/mol. The number of hydrogen-bond donors (Lipinski definition) is 2. The lowest BCUT2D eigenvalue weighted by Gasteiger charge is -2.26. The van der Waals surface area contributed by atoms with Crippen LogP contribution in [0.3, 0.4) is 0 Å². The second-order valence-corrected chi connectivity index (χ2v) is 6.57. The van der Waals surface area contributed by atoms with Crippen LogP contribution in [-0.2, 0) is 12.0 Å². The van der Waals surface area contributed by atoms with Gasteiger partial charge in [-0.2, -0.15) is 0 Å². The molecule has 1 heterocycles. The maximum absolute atomic E-state index is 4.67. The maximum atomic E-state index is 4.67. The highest BCUT2D eigenvalue weighted by molar-refractivity contribution is 14.0. The molecule has 0 aliphatic carbocycles. The number of rotatable bonds is 6. The molecule has 2 aromatic rings. The van der Waals surface area contributed by atoms with Crippen molar-refractivity contribution in [3.8, 4) is 0 Å². The van der Waals surface area contributed by atoms with E-state index in [1.807, 2.05) is 18.3 Å². The van der Waals surface area contributed by atoms with Crippen LogP contribution in [0.25, 0.3) is 0 Å². The van der Waals surface area contributed by atoms with E-state index >= 15 is 0 Å². The number of aliphatic imine (C=N–C) groups is 1. The number of aromatic nitrogens is 1. The van der Waals surface area contributed by atoms with Gasteiger partial charge < -0.3 is 10.6 Å². The molecule has 0 saturated heterocycles. The Kier molecular flexibility index (Phi) is 8.89. The third kappa shape index (κ3) is 6.65. The Morgan fingerprint density at radius 3 is 2.44 bits per heavy atom. The number of guanidine groups is 1. The van der Waals surface area contributed by atoms with E-state index in [1.165, 1.54) is 11.1 Å². The molecule has 0 radical (unpaired) electrons. The van der Waals surface area contributed by atoms with Crippen LogP contribution in [-0.4, -0.2) is 24.0 Å². The number of pyridine rings is 1. The number of nitrogens with one attached hydrogen (secondary N) is 2. The van der Waals surface area contributed by atoms with Gasteiger partial charge in [-0.05, 0) is 31.0 Å². The molecule has 5 heteroatoms. The van der Waals surface area contributed by atoms with Crippen LogP contribution in [0, 0.1) is 6.92 Å². The highest BCUT2D eigenvalue weighted by Gasteiger charge is 2.20. The van der Waals surface area contributed by atoms with E-state index in [4.69, 9.17) is 0 Å². The van der Waals surface area contributed by atoms with E-state index in [0.29, 0.717) is 6.54 Å². The van der Waals surface area contributed by atoms with Gasteiger partial charge in [-0.25, -0.2) is 4.99 Å². The zero-order valence-electron chi connectivity index (χ0n) is 15.5. The summed E-state index contributed by atoms with van der Waals surface area (Å²) in [5.41, 5.74) is 3.52. The molecule has 4 nitrogen and oxygen atoms in total. The van der Waals surface area contributed by atoms with Crippen molar-refractivity contribution >= 4 is 29.9 Å². The molecule has 0 bridgehead atoms. The van der Waals surface area contributed by atoms with Gasteiger partial charge in [0.15, 0.2) is 5.96 Å². The van der Waals surface area contributed by atoms with E-state index in [0.717, 1.165) is 24.7 Å². The van der Waals surface area contributed by atoms with Crippen LogP contribution in [0.4, 0.5) is 0 Å². The normalized spacial score (nSPS) is 11.6. The van der Waals surface area contributed by atoms with Crippen LogP contribution >= 0.6 is 24.0 Å². The van der Waals surface area contributed by atoms with Gasteiger partial charge in [-0.1, -0.05) is 50.2 Å². The Bertz CT molecular complexity index is 668. The molecular weight excluding hydrogens is 423 g/mol. The Hall–Kier alpha value is -1.63. The third-order valence-corrected chi connectivity index (χ3v) is 4.10. The number of nitrogens with zero attached hydrogens (tertiary/aromatic N) is 2. The first-order chi connectivity index (χ1) is 11.5. The summed E-state index contributed by atoms with van der Waals surface area (Å²) in [7, 11) is 0. The van der Waals surface area contributed by atoms with Gasteiger partial charge in [0.2, 0.25) is 0 Å². The van der Waals surface area contributed by atoms with Crippen molar-refractivity contribution in [2.75, 3.05) is 13.1 Å². The summed E-state index contributed by atoms with van der Waals surface area (Å²) in [5, 5.41) is 6.77. The molecule has 2 N–H and O–H groups in total. The minimum absolute atomic E-state index is 0. The van der Waals surface area contributed by atoms with Gasteiger partial charge in [0, 0.05) is 24.7 Å². The van der Waals surface area contributed by atoms with Gasteiger partial charge in [0.25, 0.3) is 0 Å². The average molecular weight is 452 g/mol. The smallest absolute Gasteiger partial charge is 0.191 e. The van der Waals surface area contributed by atoms with Crippen molar-refractivity contribution in [1.29, 1.82) is 0 Å². The quantitative estimate of drug-likeness (QED) is 0.395. The van der Waals surface area contributed by atoms with Crippen LogP contribution < -0.4 is 10.6 Å². The molecule has 0 fully saturated rings. The first-order valence-corrected chi connectivity index (χ1v) is 8.51. The summed E-state index contributed by atoms with van der Waals surface area (Å²) in [5.74, 6) is 0.826. The van der Waals surface area contributed by atoms with Crippen molar-refractivity contribution in [2.45, 2.75) is 39.7 Å². The minimum atomic E-state index is 0. The lowest BCUT2D eigenvalue weighted by molar-refractivity contribution is 0.508. The SMILES string of the molecule is CCNC(=NCc1ncccc1C)NCC(C)(C)c1ccccc1.I. The summed E-state index contributed by atoms with van der Waals surface area (Å²) >= 11 is 0.